The van der Waals surface area contributed by atoms with Gasteiger partial charge in [0.1, 0.15) is 12.4 Å². The Kier molecular flexibility index (Phi) is 8.45. The van der Waals surface area contributed by atoms with E-state index in [9.17, 15) is 9.00 Å². The largest absolute Gasteiger partial charge is 0.492 e. The lowest BCUT2D eigenvalue weighted by molar-refractivity contribution is -0.122. The lowest BCUT2D eigenvalue weighted by Crippen LogP contribution is -2.42. The van der Waals surface area contributed by atoms with Gasteiger partial charge in [-0.2, -0.15) is 0 Å². The summed E-state index contributed by atoms with van der Waals surface area (Å²) >= 11 is 5.78. The third-order valence-corrected chi connectivity index (χ3v) is 4.33. The normalized spacial score (nSPS) is 13.7. The molecule has 1 aromatic rings. The standard InChI is InChI=1S/C15H23ClN2O3S/c1-12(11-22(3)20)18(2)10-15(19)17-8-9-21-14-6-4-13(16)5-7-14/h4-7,12H,8-11H2,1-3H3,(H,17,19)/t12-,22+/m1/s1. The summed E-state index contributed by atoms with van der Waals surface area (Å²) in [5, 5.41) is 3.45. The highest BCUT2D eigenvalue weighted by Gasteiger charge is 2.13. The van der Waals surface area contributed by atoms with E-state index in [0.29, 0.717) is 23.9 Å². The highest BCUT2D eigenvalue weighted by atomic mass is 35.5. The molecule has 0 unspecified atom stereocenters. The van der Waals surface area contributed by atoms with Gasteiger partial charge in [-0.3, -0.25) is 13.9 Å². The third-order valence-electron chi connectivity index (χ3n) is 3.13. The molecule has 0 radical (unpaired) electrons. The van der Waals surface area contributed by atoms with Crippen LogP contribution in [-0.4, -0.2) is 59.8 Å². The Morgan fingerprint density at radius 1 is 1.41 bits per heavy atom. The molecule has 5 nitrogen and oxygen atoms in total. The van der Waals surface area contributed by atoms with E-state index < -0.39 is 10.8 Å². The number of carbonyl (C=O) groups excluding carboxylic acids is 1. The van der Waals surface area contributed by atoms with E-state index in [-0.39, 0.29) is 18.5 Å². The van der Waals surface area contributed by atoms with Crippen molar-refractivity contribution in [2.24, 2.45) is 0 Å². The van der Waals surface area contributed by atoms with Crippen LogP contribution in [0.2, 0.25) is 5.02 Å². The summed E-state index contributed by atoms with van der Waals surface area (Å²) < 4.78 is 16.7. The molecule has 0 aliphatic carbocycles. The van der Waals surface area contributed by atoms with Gasteiger partial charge in [-0.15, -0.1) is 0 Å². The van der Waals surface area contributed by atoms with E-state index in [1.165, 1.54) is 0 Å². The Balaban J connectivity index is 2.20. The molecule has 0 saturated carbocycles. The molecule has 0 aliphatic heterocycles. The summed E-state index contributed by atoms with van der Waals surface area (Å²) in [5.41, 5.74) is 0. The SMILES string of the molecule is C[C@H](C[S@](C)=O)N(C)CC(=O)NCCOc1ccc(Cl)cc1. The van der Waals surface area contributed by atoms with E-state index in [1.54, 1.807) is 30.5 Å². The lowest BCUT2D eigenvalue weighted by Gasteiger charge is -2.23. The first-order chi connectivity index (χ1) is 10.4. The molecule has 0 heterocycles. The van der Waals surface area contributed by atoms with Crippen molar-refractivity contribution in [3.63, 3.8) is 0 Å². The maximum atomic E-state index is 11.8. The minimum absolute atomic E-state index is 0.0732. The molecule has 0 bridgehead atoms. The number of benzene rings is 1. The number of nitrogens with one attached hydrogen (secondary N) is 1. The van der Waals surface area contributed by atoms with Gasteiger partial charge in [0.15, 0.2) is 0 Å². The van der Waals surface area contributed by atoms with Gasteiger partial charge in [0.2, 0.25) is 5.91 Å². The van der Waals surface area contributed by atoms with Gasteiger partial charge >= 0.3 is 0 Å². The topological polar surface area (TPSA) is 58.6 Å². The molecule has 0 fully saturated rings. The van der Waals surface area contributed by atoms with Gasteiger partial charge in [0.25, 0.3) is 0 Å². The van der Waals surface area contributed by atoms with Gasteiger partial charge in [-0.05, 0) is 38.2 Å². The van der Waals surface area contributed by atoms with Crippen LogP contribution in [0.25, 0.3) is 0 Å². The second-order valence-corrected chi connectivity index (χ2v) is 7.07. The van der Waals surface area contributed by atoms with Crippen LogP contribution in [0, 0.1) is 0 Å². The molecular formula is C15H23ClN2O3S. The number of hydrogen-bond donors (Lipinski definition) is 1. The highest BCUT2D eigenvalue weighted by molar-refractivity contribution is 7.84. The average molecular weight is 347 g/mol. The molecule has 22 heavy (non-hydrogen) atoms. The number of ether oxygens (including phenoxy) is 1. The first-order valence-corrected chi connectivity index (χ1v) is 9.14. The molecule has 1 amide bonds. The van der Waals surface area contributed by atoms with Gasteiger partial charge in [0, 0.05) is 33.9 Å². The second kappa shape index (κ2) is 9.82. The molecular weight excluding hydrogens is 324 g/mol. The van der Waals surface area contributed by atoms with Crippen LogP contribution in [0.4, 0.5) is 0 Å². The van der Waals surface area contributed by atoms with Gasteiger partial charge in [-0.25, -0.2) is 0 Å². The highest BCUT2D eigenvalue weighted by Crippen LogP contribution is 2.15. The van der Waals surface area contributed by atoms with Crippen molar-refractivity contribution < 1.29 is 13.7 Å². The number of likely N-dealkylation sites (N-methyl/N-ethyl adjacent to an activating group) is 1. The molecule has 0 aromatic heterocycles. The number of carbonyl (C=O) groups is 1. The minimum atomic E-state index is -0.864. The quantitative estimate of drug-likeness (QED) is 0.689. The Hall–Kier alpha value is -1.11. The fraction of sp³-hybridized carbons (Fsp3) is 0.533. The van der Waals surface area contributed by atoms with Crippen molar-refractivity contribution in [1.29, 1.82) is 0 Å². The monoisotopic (exact) mass is 346 g/mol. The molecule has 1 rings (SSSR count). The van der Waals surface area contributed by atoms with Crippen molar-refractivity contribution in [1.82, 2.24) is 10.2 Å². The van der Waals surface area contributed by atoms with E-state index in [1.807, 2.05) is 18.9 Å². The summed E-state index contributed by atoms with van der Waals surface area (Å²) in [6.45, 7) is 3.06. The summed E-state index contributed by atoms with van der Waals surface area (Å²) in [7, 11) is 0.985. The zero-order valence-electron chi connectivity index (χ0n) is 13.2. The second-order valence-electron chi connectivity index (χ2n) is 5.16. The summed E-state index contributed by atoms with van der Waals surface area (Å²) in [4.78, 5) is 13.7. The molecule has 7 heteroatoms. The molecule has 124 valence electrons. The number of amides is 1. The van der Waals surface area contributed by atoms with Gasteiger partial charge in [0.05, 0.1) is 13.1 Å². The fourth-order valence-corrected chi connectivity index (χ4v) is 2.86. The Morgan fingerprint density at radius 2 is 2.05 bits per heavy atom. The predicted molar refractivity (Wildman–Crippen MR) is 91.0 cm³/mol. The fourth-order valence-electron chi connectivity index (χ4n) is 1.80. The Bertz CT molecular complexity index is 496. The van der Waals surface area contributed by atoms with Crippen molar-refractivity contribution in [2.75, 3.05) is 38.8 Å². The van der Waals surface area contributed by atoms with Crippen LogP contribution >= 0.6 is 11.6 Å². The summed E-state index contributed by atoms with van der Waals surface area (Å²) in [6, 6.07) is 7.17. The maximum Gasteiger partial charge on any atom is 0.234 e. The molecule has 0 saturated heterocycles. The summed E-state index contributed by atoms with van der Waals surface area (Å²) in [5.74, 6) is 1.20. The van der Waals surface area contributed by atoms with Crippen molar-refractivity contribution in [2.45, 2.75) is 13.0 Å². The minimum Gasteiger partial charge on any atom is -0.492 e. The number of hydrogen-bond acceptors (Lipinski definition) is 4. The Morgan fingerprint density at radius 3 is 2.64 bits per heavy atom. The van der Waals surface area contributed by atoms with E-state index in [2.05, 4.69) is 5.32 Å². The predicted octanol–water partition coefficient (Wildman–Crippen LogP) is 1.53. The van der Waals surface area contributed by atoms with E-state index in [4.69, 9.17) is 16.3 Å². The first kappa shape index (κ1) is 18.9. The van der Waals surface area contributed by atoms with Crippen molar-refractivity contribution >= 4 is 28.3 Å². The van der Waals surface area contributed by atoms with Crippen LogP contribution in [0.15, 0.2) is 24.3 Å². The van der Waals surface area contributed by atoms with Crippen LogP contribution < -0.4 is 10.1 Å². The smallest absolute Gasteiger partial charge is 0.234 e. The molecule has 0 aliphatic rings. The molecule has 1 aromatic carbocycles. The molecule has 0 spiro atoms. The van der Waals surface area contributed by atoms with E-state index >= 15 is 0 Å². The molecule has 2 atom stereocenters. The van der Waals surface area contributed by atoms with Gasteiger partial charge in [-0.1, -0.05) is 11.6 Å². The van der Waals surface area contributed by atoms with Crippen LogP contribution in [-0.2, 0) is 15.6 Å². The number of nitrogens with zero attached hydrogens (tertiary/aromatic N) is 1. The van der Waals surface area contributed by atoms with Gasteiger partial charge < -0.3 is 10.1 Å². The Labute approximate surface area is 139 Å². The average Bonchev–Trinajstić information content (AvgIpc) is 2.44. The summed E-state index contributed by atoms with van der Waals surface area (Å²) in [6.07, 6.45) is 1.67. The lowest BCUT2D eigenvalue weighted by atomic mass is 10.3. The number of rotatable bonds is 9. The maximum absolute atomic E-state index is 11.8. The molecule has 1 N–H and O–H groups in total. The van der Waals surface area contributed by atoms with Crippen LogP contribution in [0.5, 0.6) is 5.75 Å². The van der Waals surface area contributed by atoms with Crippen molar-refractivity contribution in [3.8, 4) is 5.75 Å². The zero-order chi connectivity index (χ0) is 16.5. The van der Waals surface area contributed by atoms with Crippen LogP contribution in [0.3, 0.4) is 0 Å². The van der Waals surface area contributed by atoms with Crippen LogP contribution in [0.1, 0.15) is 6.92 Å². The number of halogens is 1. The third kappa shape index (κ3) is 7.77. The zero-order valence-corrected chi connectivity index (χ0v) is 14.7. The first-order valence-electron chi connectivity index (χ1n) is 7.04. The van der Waals surface area contributed by atoms with Crippen molar-refractivity contribution in [3.05, 3.63) is 29.3 Å². The van der Waals surface area contributed by atoms with E-state index in [0.717, 1.165) is 5.75 Å².